The Labute approximate surface area is 146 Å². The molecule has 1 fully saturated rings. The van der Waals surface area contributed by atoms with E-state index in [1.165, 1.54) is 12.1 Å². The van der Waals surface area contributed by atoms with Gasteiger partial charge in [-0.2, -0.15) is 0 Å². The van der Waals surface area contributed by atoms with Crippen molar-refractivity contribution in [1.82, 2.24) is 4.90 Å². The second-order valence-electron chi connectivity index (χ2n) is 6.56. The van der Waals surface area contributed by atoms with E-state index in [-0.39, 0.29) is 30.2 Å². The van der Waals surface area contributed by atoms with Gasteiger partial charge < -0.3 is 4.90 Å². The van der Waals surface area contributed by atoms with Gasteiger partial charge in [-0.15, -0.1) is 0 Å². The van der Waals surface area contributed by atoms with Crippen LogP contribution in [0.3, 0.4) is 0 Å². The molecular formula is C20H21FN2O2. The van der Waals surface area contributed by atoms with Gasteiger partial charge in [0, 0.05) is 11.7 Å². The lowest BCUT2D eigenvalue weighted by molar-refractivity contribution is -0.143. The number of benzene rings is 2. The average Bonchev–Trinajstić information content (AvgIpc) is 2.58. The number of aryl methyl sites for hydroxylation is 1. The Balaban J connectivity index is 2.13. The van der Waals surface area contributed by atoms with Gasteiger partial charge in [0.1, 0.15) is 18.4 Å². The van der Waals surface area contributed by atoms with Gasteiger partial charge in [0.05, 0.1) is 0 Å². The Morgan fingerprint density at radius 3 is 2.28 bits per heavy atom. The maximum absolute atomic E-state index is 13.3. The normalized spacial score (nSPS) is 18.2. The zero-order valence-electron chi connectivity index (χ0n) is 14.6. The molecule has 0 aromatic heterocycles. The highest BCUT2D eigenvalue weighted by Gasteiger charge is 2.42. The van der Waals surface area contributed by atoms with Crippen LogP contribution in [0.15, 0.2) is 48.5 Å². The fourth-order valence-corrected chi connectivity index (χ4v) is 3.19. The van der Waals surface area contributed by atoms with Crippen LogP contribution in [0, 0.1) is 12.7 Å². The summed E-state index contributed by atoms with van der Waals surface area (Å²) in [6.07, 6.45) is 0. The Morgan fingerprint density at radius 2 is 1.68 bits per heavy atom. The smallest absolute Gasteiger partial charge is 0.251 e. The highest BCUT2D eigenvalue weighted by atomic mass is 19.1. The Hall–Kier alpha value is -2.69. The summed E-state index contributed by atoms with van der Waals surface area (Å²) in [5.41, 5.74) is 2.22. The summed E-state index contributed by atoms with van der Waals surface area (Å²) in [5.74, 6) is -0.664. The number of halogens is 1. The van der Waals surface area contributed by atoms with E-state index >= 15 is 0 Å². The van der Waals surface area contributed by atoms with E-state index in [4.69, 9.17) is 0 Å². The van der Waals surface area contributed by atoms with Crippen molar-refractivity contribution in [3.63, 3.8) is 0 Å². The third kappa shape index (κ3) is 3.14. The summed E-state index contributed by atoms with van der Waals surface area (Å²) < 4.78 is 13.3. The molecule has 0 bridgehead atoms. The lowest BCUT2D eigenvalue weighted by atomic mass is 9.98. The molecule has 2 aromatic carbocycles. The van der Waals surface area contributed by atoms with Gasteiger partial charge in [-0.3, -0.25) is 14.5 Å². The summed E-state index contributed by atoms with van der Waals surface area (Å²) in [7, 11) is 0. The van der Waals surface area contributed by atoms with Crippen LogP contribution >= 0.6 is 0 Å². The second-order valence-corrected chi connectivity index (χ2v) is 6.56. The molecule has 0 spiro atoms. The molecule has 1 aliphatic heterocycles. The molecule has 2 amide bonds. The maximum Gasteiger partial charge on any atom is 0.251 e. The molecule has 0 saturated carbocycles. The van der Waals surface area contributed by atoms with E-state index in [1.807, 2.05) is 45.0 Å². The molecule has 0 N–H and O–H groups in total. The van der Waals surface area contributed by atoms with Crippen LogP contribution in [0.2, 0.25) is 0 Å². The van der Waals surface area contributed by atoms with Gasteiger partial charge in [-0.05, 0) is 50.1 Å². The van der Waals surface area contributed by atoms with E-state index in [9.17, 15) is 14.0 Å². The SMILES string of the molecule is Cc1ccccc1N1C(=O)CN(C(C)C)C(=O)[C@@H]1c1ccc(F)cc1. The summed E-state index contributed by atoms with van der Waals surface area (Å²) in [6.45, 7) is 5.72. The number of nitrogens with zero attached hydrogens (tertiary/aromatic N) is 2. The third-order valence-corrected chi connectivity index (χ3v) is 4.53. The molecule has 3 rings (SSSR count). The molecule has 5 heteroatoms. The number of piperazine rings is 1. The zero-order chi connectivity index (χ0) is 18.1. The van der Waals surface area contributed by atoms with Crippen LogP contribution in [-0.2, 0) is 9.59 Å². The first kappa shape index (κ1) is 17.1. The molecule has 0 aliphatic carbocycles. The lowest BCUT2D eigenvalue weighted by Crippen LogP contribution is -2.57. The minimum absolute atomic E-state index is 0.0442. The molecule has 25 heavy (non-hydrogen) atoms. The number of carbonyl (C=O) groups excluding carboxylic acids is 2. The van der Waals surface area contributed by atoms with Gasteiger partial charge >= 0.3 is 0 Å². The van der Waals surface area contributed by atoms with Gasteiger partial charge in [-0.25, -0.2) is 4.39 Å². The number of hydrogen-bond acceptors (Lipinski definition) is 2. The highest BCUT2D eigenvalue weighted by Crippen LogP contribution is 2.34. The number of hydrogen-bond donors (Lipinski definition) is 0. The Morgan fingerprint density at radius 1 is 1.04 bits per heavy atom. The number of anilines is 1. The topological polar surface area (TPSA) is 40.6 Å². The van der Waals surface area contributed by atoms with E-state index < -0.39 is 6.04 Å². The van der Waals surface area contributed by atoms with Crippen LogP contribution < -0.4 is 4.90 Å². The van der Waals surface area contributed by atoms with Gasteiger partial charge in [0.25, 0.3) is 5.91 Å². The van der Waals surface area contributed by atoms with Crippen LogP contribution in [0.4, 0.5) is 10.1 Å². The van der Waals surface area contributed by atoms with Crippen molar-refractivity contribution >= 4 is 17.5 Å². The van der Waals surface area contributed by atoms with Crippen LogP contribution in [0.25, 0.3) is 0 Å². The van der Waals surface area contributed by atoms with E-state index in [1.54, 1.807) is 21.9 Å². The minimum atomic E-state index is -0.787. The fraction of sp³-hybridized carbons (Fsp3) is 0.300. The molecule has 1 heterocycles. The van der Waals surface area contributed by atoms with Crippen LogP contribution in [0.5, 0.6) is 0 Å². The molecule has 1 aliphatic rings. The highest BCUT2D eigenvalue weighted by molar-refractivity contribution is 6.07. The summed E-state index contributed by atoms with van der Waals surface area (Å²) in [6, 6.07) is 12.4. The van der Waals surface area contributed by atoms with Gasteiger partial charge in [-0.1, -0.05) is 30.3 Å². The Bertz CT molecular complexity index is 802. The van der Waals surface area contributed by atoms with Crippen LogP contribution in [0.1, 0.15) is 31.0 Å². The maximum atomic E-state index is 13.3. The van der Waals surface area contributed by atoms with Crippen molar-refractivity contribution in [3.05, 3.63) is 65.5 Å². The first-order valence-electron chi connectivity index (χ1n) is 8.33. The summed E-state index contributed by atoms with van der Waals surface area (Å²) in [5, 5.41) is 0. The number of carbonyl (C=O) groups is 2. The Kier molecular flexibility index (Phi) is 4.57. The zero-order valence-corrected chi connectivity index (χ0v) is 14.6. The number of rotatable bonds is 3. The predicted molar refractivity (Wildman–Crippen MR) is 94.7 cm³/mol. The number of amides is 2. The van der Waals surface area contributed by atoms with Crippen molar-refractivity contribution in [2.75, 3.05) is 11.4 Å². The summed E-state index contributed by atoms with van der Waals surface area (Å²) in [4.78, 5) is 29.2. The standard InChI is InChI=1S/C20H21FN2O2/c1-13(2)22-12-18(24)23(17-7-5-4-6-14(17)3)19(20(22)25)15-8-10-16(21)11-9-15/h4-11,13,19H,12H2,1-3H3/t19-/m0/s1. The second kappa shape index (κ2) is 6.67. The molecule has 0 unspecified atom stereocenters. The lowest BCUT2D eigenvalue weighted by Gasteiger charge is -2.42. The molecular weight excluding hydrogens is 319 g/mol. The summed E-state index contributed by atoms with van der Waals surface area (Å²) >= 11 is 0. The fourth-order valence-electron chi connectivity index (χ4n) is 3.19. The van der Waals surface area contributed by atoms with E-state index in [0.717, 1.165) is 5.56 Å². The molecule has 0 radical (unpaired) electrons. The molecule has 2 aromatic rings. The van der Waals surface area contributed by atoms with Crippen molar-refractivity contribution < 1.29 is 14.0 Å². The van der Waals surface area contributed by atoms with Crippen molar-refractivity contribution in [3.8, 4) is 0 Å². The first-order chi connectivity index (χ1) is 11.9. The monoisotopic (exact) mass is 340 g/mol. The predicted octanol–water partition coefficient (Wildman–Crippen LogP) is 3.46. The molecule has 1 atom stereocenters. The number of para-hydroxylation sites is 1. The largest absolute Gasteiger partial charge is 0.329 e. The van der Waals surface area contributed by atoms with Crippen molar-refractivity contribution in [1.29, 1.82) is 0 Å². The van der Waals surface area contributed by atoms with Crippen molar-refractivity contribution in [2.45, 2.75) is 32.9 Å². The van der Waals surface area contributed by atoms with E-state index in [0.29, 0.717) is 11.3 Å². The van der Waals surface area contributed by atoms with Gasteiger partial charge in [0.15, 0.2) is 0 Å². The van der Waals surface area contributed by atoms with Gasteiger partial charge in [0.2, 0.25) is 5.91 Å². The minimum Gasteiger partial charge on any atom is -0.329 e. The molecule has 130 valence electrons. The van der Waals surface area contributed by atoms with Crippen molar-refractivity contribution in [2.24, 2.45) is 0 Å². The molecule has 4 nitrogen and oxygen atoms in total. The van der Waals surface area contributed by atoms with Crippen LogP contribution in [-0.4, -0.2) is 29.3 Å². The first-order valence-corrected chi connectivity index (χ1v) is 8.33. The average molecular weight is 340 g/mol. The van der Waals surface area contributed by atoms with E-state index in [2.05, 4.69) is 0 Å². The third-order valence-electron chi connectivity index (χ3n) is 4.53. The molecule has 1 saturated heterocycles. The quantitative estimate of drug-likeness (QED) is 0.858.